The van der Waals surface area contributed by atoms with E-state index in [2.05, 4.69) is 35.4 Å². The van der Waals surface area contributed by atoms with E-state index in [4.69, 9.17) is 9.72 Å². The molecule has 2 aliphatic heterocycles. The van der Waals surface area contributed by atoms with Gasteiger partial charge in [0.2, 0.25) is 0 Å². The van der Waals surface area contributed by atoms with Crippen molar-refractivity contribution in [3.8, 4) is 22.8 Å². The Morgan fingerprint density at radius 2 is 2.00 bits per heavy atom. The van der Waals surface area contributed by atoms with Crippen LogP contribution in [-0.4, -0.2) is 61.3 Å². The third kappa shape index (κ3) is 4.06. The van der Waals surface area contributed by atoms with Crippen LogP contribution in [0, 0.1) is 12.8 Å². The van der Waals surface area contributed by atoms with Crippen LogP contribution in [0.5, 0.6) is 0 Å². The summed E-state index contributed by atoms with van der Waals surface area (Å²) in [7, 11) is 0. The standard InChI is InChI=1S/C23H28N8O2/c1-14-16(4-5-17(27-14)19-25-13-26-30-19)18-12-24-20-21(28-18)31(23(2,3)22(32)29-20)9-6-15-7-10-33-11-8-15/h4-5,12-13,15H,6-11H2,1-3H3,(H,24,29,32)(H,25,26,30). The van der Waals surface area contributed by atoms with E-state index >= 15 is 0 Å². The summed E-state index contributed by atoms with van der Waals surface area (Å²) in [5, 5.41) is 10.8. The number of pyridine rings is 1. The van der Waals surface area contributed by atoms with Crippen molar-refractivity contribution in [2.45, 2.75) is 45.6 Å². The average Bonchev–Trinajstić information content (AvgIpc) is 3.35. The van der Waals surface area contributed by atoms with Gasteiger partial charge in [-0.1, -0.05) is 0 Å². The second-order valence-corrected chi connectivity index (χ2v) is 9.10. The van der Waals surface area contributed by atoms with E-state index in [1.807, 2.05) is 32.9 Å². The van der Waals surface area contributed by atoms with Gasteiger partial charge < -0.3 is 19.9 Å². The molecule has 5 rings (SSSR count). The second-order valence-electron chi connectivity index (χ2n) is 9.10. The lowest BCUT2D eigenvalue weighted by atomic mass is 9.93. The van der Waals surface area contributed by atoms with Crippen LogP contribution >= 0.6 is 0 Å². The zero-order valence-electron chi connectivity index (χ0n) is 19.1. The predicted octanol–water partition coefficient (Wildman–Crippen LogP) is 2.99. The number of nitrogens with zero attached hydrogens (tertiary/aromatic N) is 6. The van der Waals surface area contributed by atoms with Crippen molar-refractivity contribution in [1.29, 1.82) is 0 Å². The highest BCUT2D eigenvalue weighted by Gasteiger charge is 2.42. The van der Waals surface area contributed by atoms with E-state index in [1.54, 1.807) is 6.20 Å². The summed E-state index contributed by atoms with van der Waals surface area (Å²) in [6.07, 6.45) is 6.31. The highest BCUT2D eigenvalue weighted by atomic mass is 16.5. The molecule has 0 saturated carbocycles. The van der Waals surface area contributed by atoms with Crippen molar-refractivity contribution in [2.24, 2.45) is 5.92 Å². The molecule has 0 spiro atoms. The monoisotopic (exact) mass is 448 g/mol. The van der Waals surface area contributed by atoms with Gasteiger partial charge in [0.1, 0.15) is 17.6 Å². The van der Waals surface area contributed by atoms with Crippen LogP contribution in [0.15, 0.2) is 24.7 Å². The molecule has 1 amide bonds. The van der Waals surface area contributed by atoms with E-state index in [0.29, 0.717) is 34.8 Å². The van der Waals surface area contributed by atoms with Crippen LogP contribution in [-0.2, 0) is 9.53 Å². The molecule has 0 aliphatic carbocycles. The predicted molar refractivity (Wildman–Crippen MR) is 124 cm³/mol. The summed E-state index contributed by atoms with van der Waals surface area (Å²) >= 11 is 0. The number of rotatable bonds is 5. The van der Waals surface area contributed by atoms with Gasteiger partial charge in [-0.15, -0.1) is 10.2 Å². The lowest BCUT2D eigenvalue weighted by molar-refractivity contribution is -0.120. The van der Waals surface area contributed by atoms with E-state index in [1.165, 1.54) is 6.33 Å². The third-order valence-corrected chi connectivity index (χ3v) is 6.60. The molecule has 5 heterocycles. The van der Waals surface area contributed by atoms with Crippen molar-refractivity contribution >= 4 is 17.5 Å². The topological polar surface area (TPSA) is 122 Å². The number of nitrogens with one attached hydrogen (secondary N) is 2. The number of hydrogen-bond acceptors (Lipinski definition) is 8. The maximum absolute atomic E-state index is 12.8. The molecule has 33 heavy (non-hydrogen) atoms. The largest absolute Gasteiger partial charge is 0.381 e. The Bertz CT molecular complexity index is 1160. The van der Waals surface area contributed by atoms with E-state index in [9.17, 15) is 4.79 Å². The Morgan fingerprint density at radius 1 is 1.18 bits per heavy atom. The number of carbonyl (C=O) groups excluding carboxylic acids is 1. The lowest BCUT2D eigenvalue weighted by Crippen LogP contribution is -2.57. The van der Waals surface area contributed by atoms with Gasteiger partial charge in [-0.05, 0) is 58.1 Å². The van der Waals surface area contributed by atoms with Gasteiger partial charge in [-0.3, -0.25) is 4.79 Å². The van der Waals surface area contributed by atoms with Gasteiger partial charge in [0.25, 0.3) is 5.91 Å². The Labute approximate surface area is 192 Å². The smallest absolute Gasteiger partial charge is 0.250 e. The van der Waals surface area contributed by atoms with Crippen LogP contribution in [0.3, 0.4) is 0 Å². The minimum atomic E-state index is -0.727. The molecule has 3 aromatic heterocycles. The van der Waals surface area contributed by atoms with E-state index < -0.39 is 5.54 Å². The Balaban J connectivity index is 1.47. The molecule has 172 valence electrons. The Morgan fingerprint density at radius 3 is 2.73 bits per heavy atom. The van der Waals surface area contributed by atoms with Gasteiger partial charge in [0.05, 0.1) is 11.9 Å². The number of aryl methyl sites for hydroxylation is 1. The molecule has 10 heteroatoms. The first-order chi connectivity index (χ1) is 15.9. The van der Waals surface area contributed by atoms with Crippen molar-refractivity contribution in [1.82, 2.24) is 30.1 Å². The SMILES string of the molecule is Cc1nc(-c2nnc[nH]2)ccc1-c1cnc2c(n1)N(CCC1CCOCC1)C(C)(C)C(=O)N2. The van der Waals surface area contributed by atoms with Crippen molar-refractivity contribution in [2.75, 3.05) is 30.0 Å². The van der Waals surface area contributed by atoms with E-state index in [-0.39, 0.29) is 5.91 Å². The van der Waals surface area contributed by atoms with Crippen LogP contribution in [0.25, 0.3) is 22.8 Å². The lowest BCUT2D eigenvalue weighted by Gasteiger charge is -2.43. The highest BCUT2D eigenvalue weighted by molar-refractivity contribution is 6.04. The summed E-state index contributed by atoms with van der Waals surface area (Å²) in [6, 6.07) is 3.86. The quantitative estimate of drug-likeness (QED) is 0.611. The van der Waals surface area contributed by atoms with E-state index in [0.717, 1.165) is 50.3 Å². The molecule has 1 fully saturated rings. The fourth-order valence-electron chi connectivity index (χ4n) is 4.46. The first-order valence-electron chi connectivity index (χ1n) is 11.3. The summed E-state index contributed by atoms with van der Waals surface area (Å²) in [6.45, 7) is 8.16. The molecular formula is C23H28N8O2. The summed E-state index contributed by atoms with van der Waals surface area (Å²) in [4.78, 5) is 32.1. The molecule has 0 bridgehead atoms. The summed E-state index contributed by atoms with van der Waals surface area (Å²) < 4.78 is 5.50. The number of fused-ring (bicyclic) bond motifs is 1. The number of carbonyl (C=O) groups is 1. The molecule has 0 atom stereocenters. The number of anilines is 2. The second kappa shape index (κ2) is 8.51. The average molecular weight is 449 g/mol. The van der Waals surface area contributed by atoms with Crippen LogP contribution in [0.2, 0.25) is 0 Å². The van der Waals surface area contributed by atoms with Gasteiger partial charge >= 0.3 is 0 Å². The van der Waals surface area contributed by atoms with Crippen molar-refractivity contribution < 1.29 is 9.53 Å². The number of H-pyrrole nitrogens is 1. The van der Waals surface area contributed by atoms with Crippen LogP contribution in [0.4, 0.5) is 11.6 Å². The van der Waals surface area contributed by atoms with Crippen LogP contribution < -0.4 is 10.2 Å². The normalized spacial score (nSPS) is 18.2. The number of hydrogen-bond donors (Lipinski definition) is 2. The number of ether oxygens (including phenoxy) is 1. The third-order valence-electron chi connectivity index (χ3n) is 6.60. The molecule has 0 unspecified atom stereocenters. The molecule has 0 aromatic carbocycles. The molecule has 10 nitrogen and oxygen atoms in total. The molecule has 2 aliphatic rings. The highest BCUT2D eigenvalue weighted by Crippen LogP contribution is 2.37. The van der Waals surface area contributed by atoms with Gasteiger partial charge in [-0.2, -0.15) is 0 Å². The maximum Gasteiger partial charge on any atom is 0.250 e. The van der Waals surface area contributed by atoms with Gasteiger partial charge in [0, 0.05) is 31.0 Å². The molecule has 1 saturated heterocycles. The van der Waals surface area contributed by atoms with Crippen molar-refractivity contribution in [3.63, 3.8) is 0 Å². The molecule has 3 aromatic rings. The summed E-state index contributed by atoms with van der Waals surface area (Å²) in [5.74, 6) is 2.33. The number of amides is 1. The number of aromatic nitrogens is 6. The van der Waals surface area contributed by atoms with Gasteiger partial charge in [0.15, 0.2) is 17.5 Å². The first kappa shape index (κ1) is 21.4. The molecule has 2 N–H and O–H groups in total. The fraction of sp³-hybridized carbons (Fsp3) is 0.478. The summed E-state index contributed by atoms with van der Waals surface area (Å²) in [5.41, 5.74) is 2.39. The molecule has 0 radical (unpaired) electrons. The van der Waals surface area contributed by atoms with Gasteiger partial charge in [-0.25, -0.2) is 15.0 Å². The first-order valence-corrected chi connectivity index (χ1v) is 11.3. The number of aromatic amines is 1. The van der Waals surface area contributed by atoms with Crippen LogP contribution in [0.1, 0.15) is 38.8 Å². The van der Waals surface area contributed by atoms with Crippen molar-refractivity contribution in [3.05, 3.63) is 30.4 Å². The zero-order valence-corrected chi connectivity index (χ0v) is 19.1. The Kier molecular flexibility index (Phi) is 5.53. The zero-order chi connectivity index (χ0) is 23.0. The minimum absolute atomic E-state index is 0.0710. The Hall–Kier alpha value is -3.40. The maximum atomic E-state index is 12.8. The molecular weight excluding hydrogens is 420 g/mol. The minimum Gasteiger partial charge on any atom is -0.381 e. The fourth-order valence-corrected chi connectivity index (χ4v) is 4.46.